The van der Waals surface area contributed by atoms with E-state index in [-0.39, 0.29) is 5.56 Å². The van der Waals surface area contributed by atoms with Gasteiger partial charge in [0.2, 0.25) is 0 Å². The predicted molar refractivity (Wildman–Crippen MR) is 68.4 cm³/mol. The zero-order valence-electron chi connectivity index (χ0n) is 11.0. The molecule has 5 heteroatoms. The molecular formula is C12H22N2O3. The smallest absolute Gasteiger partial charge is 0.325 e. The molecule has 1 unspecified atom stereocenters. The third-order valence-corrected chi connectivity index (χ3v) is 2.16. The molecule has 0 radical (unpaired) electrons. The summed E-state index contributed by atoms with van der Waals surface area (Å²) in [6.07, 6.45) is 2.64. The van der Waals surface area contributed by atoms with Gasteiger partial charge in [0.05, 0.1) is 0 Å². The van der Waals surface area contributed by atoms with Crippen LogP contribution < -0.4 is 11.2 Å². The van der Waals surface area contributed by atoms with Gasteiger partial charge < -0.3 is 9.72 Å². The number of nitrogens with one attached hydrogen (secondary N) is 2. The van der Waals surface area contributed by atoms with Gasteiger partial charge in [-0.25, -0.2) is 4.79 Å². The highest BCUT2D eigenvalue weighted by Crippen LogP contribution is 2.09. The summed E-state index contributed by atoms with van der Waals surface area (Å²) in [6, 6.07) is 0. The predicted octanol–water partition coefficient (Wildman–Crippen LogP) is 1.44. The summed E-state index contributed by atoms with van der Waals surface area (Å²) in [6.45, 7) is 9.81. The van der Waals surface area contributed by atoms with Crippen molar-refractivity contribution in [2.45, 2.75) is 34.1 Å². The lowest BCUT2D eigenvalue weighted by Gasteiger charge is -1.89. The van der Waals surface area contributed by atoms with Gasteiger partial charge in [0.1, 0.15) is 0 Å². The van der Waals surface area contributed by atoms with Gasteiger partial charge in [-0.2, -0.15) is 0 Å². The lowest BCUT2D eigenvalue weighted by molar-refractivity contribution is 0.188. The number of aromatic amines is 2. The summed E-state index contributed by atoms with van der Waals surface area (Å²) >= 11 is 0. The maximum absolute atomic E-state index is 10.6. The Balaban J connectivity index is 0.000000278. The lowest BCUT2D eigenvalue weighted by Crippen LogP contribution is -2.22. The van der Waals surface area contributed by atoms with E-state index in [4.69, 9.17) is 4.74 Å². The molecule has 2 N–H and O–H groups in total. The number of aryl methyl sites for hydroxylation is 1. The van der Waals surface area contributed by atoms with Crippen molar-refractivity contribution in [1.82, 2.24) is 9.97 Å². The Morgan fingerprint density at radius 3 is 2.29 bits per heavy atom. The molecule has 1 aromatic heterocycles. The van der Waals surface area contributed by atoms with E-state index in [1.165, 1.54) is 12.6 Å². The molecule has 0 aliphatic carbocycles. The van der Waals surface area contributed by atoms with Gasteiger partial charge in [0.15, 0.2) is 0 Å². The number of aromatic nitrogens is 2. The van der Waals surface area contributed by atoms with Crippen LogP contribution in [0.2, 0.25) is 0 Å². The van der Waals surface area contributed by atoms with Crippen molar-refractivity contribution in [1.29, 1.82) is 0 Å². The van der Waals surface area contributed by atoms with Crippen LogP contribution in [0.5, 0.6) is 0 Å². The topological polar surface area (TPSA) is 75.0 Å². The Labute approximate surface area is 101 Å². The molecule has 5 nitrogen and oxygen atoms in total. The summed E-state index contributed by atoms with van der Waals surface area (Å²) < 4.78 is 5.06. The van der Waals surface area contributed by atoms with E-state index >= 15 is 0 Å². The first-order valence-electron chi connectivity index (χ1n) is 5.96. The van der Waals surface area contributed by atoms with Gasteiger partial charge in [0, 0.05) is 25.0 Å². The van der Waals surface area contributed by atoms with Crippen LogP contribution in [0.4, 0.5) is 0 Å². The minimum absolute atomic E-state index is 0.334. The second-order valence-electron chi connectivity index (χ2n) is 3.72. The first-order valence-corrected chi connectivity index (χ1v) is 5.96. The summed E-state index contributed by atoms with van der Waals surface area (Å²) in [5.74, 6) is 0.824. The van der Waals surface area contributed by atoms with E-state index in [1.807, 2.05) is 13.8 Å². The molecule has 1 aromatic rings. The molecule has 1 saturated heterocycles. The van der Waals surface area contributed by atoms with Crippen LogP contribution in [0.1, 0.15) is 32.8 Å². The fourth-order valence-electron chi connectivity index (χ4n) is 1.13. The summed E-state index contributed by atoms with van der Waals surface area (Å²) in [7, 11) is 0. The molecule has 0 bridgehead atoms. The van der Waals surface area contributed by atoms with Crippen LogP contribution in [0.3, 0.4) is 0 Å². The van der Waals surface area contributed by atoms with Crippen molar-refractivity contribution in [2.75, 3.05) is 13.2 Å². The average Bonchev–Trinajstić information content (AvgIpc) is 2.79. The molecule has 0 saturated carbocycles. The average molecular weight is 242 g/mol. The van der Waals surface area contributed by atoms with E-state index in [0.717, 1.165) is 19.1 Å². The minimum Gasteiger partial charge on any atom is -0.381 e. The molecule has 1 atom stereocenters. The van der Waals surface area contributed by atoms with Gasteiger partial charge in [-0.1, -0.05) is 20.8 Å². The molecule has 1 fully saturated rings. The maximum atomic E-state index is 10.6. The first kappa shape index (κ1) is 15.6. The highest BCUT2D eigenvalue weighted by Gasteiger charge is 2.07. The molecule has 0 amide bonds. The third-order valence-electron chi connectivity index (χ3n) is 2.16. The summed E-state index contributed by atoms with van der Waals surface area (Å²) in [4.78, 5) is 25.3. The monoisotopic (exact) mass is 242 g/mol. The van der Waals surface area contributed by atoms with E-state index < -0.39 is 5.69 Å². The van der Waals surface area contributed by atoms with Crippen LogP contribution >= 0.6 is 0 Å². The number of H-pyrrole nitrogens is 2. The Morgan fingerprint density at radius 1 is 1.35 bits per heavy atom. The van der Waals surface area contributed by atoms with Crippen LogP contribution in [0.15, 0.2) is 15.8 Å². The Kier molecular flexibility index (Phi) is 8.05. The molecule has 0 spiro atoms. The fourth-order valence-corrected chi connectivity index (χ4v) is 1.13. The molecule has 2 rings (SSSR count). The van der Waals surface area contributed by atoms with Crippen LogP contribution in [-0.2, 0) is 4.74 Å². The van der Waals surface area contributed by atoms with Gasteiger partial charge in [-0.15, -0.1) is 0 Å². The SMILES string of the molecule is CC.CC1CCOC1.Cc1c[nH]c(=O)[nH]c1=O. The van der Waals surface area contributed by atoms with Crippen LogP contribution in [-0.4, -0.2) is 23.2 Å². The molecule has 2 heterocycles. The third kappa shape index (κ3) is 6.73. The zero-order chi connectivity index (χ0) is 13.3. The van der Waals surface area contributed by atoms with Crippen molar-refractivity contribution < 1.29 is 4.74 Å². The maximum Gasteiger partial charge on any atom is 0.325 e. The molecule has 98 valence electrons. The van der Waals surface area contributed by atoms with Crippen LogP contribution in [0, 0.1) is 12.8 Å². The normalized spacial score (nSPS) is 17.5. The van der Waals surface area contributed by atoms with Crippen molar-refractivity contribution >= 4 is 0 Å². The highest BCUT2D eigenvalue weighted by molar-refractivity contribution is 4.98. The van der Waals surface area contributed by atoms with Crippen molar-refractivity contribution in [2.24, 2.45) is 5.92 Å². The van der Waals surface area contributed by atoms with Gasteiger partial charge in [-0.05, 0) is 19.3 Å². The number of rotatable bonds is 0. The fraction of sp³-hybridized carbons (Fsp3) is 0.667. The number of hydrogen-bond donors (Lipinski definition) is 2. The zero-order valence-corrected chi connectivity index (χ0v) is 11.0. The van der Waals surface area contributed by atoms with Crippen LogP contribution in [0.25, 0.3) is 0 Å². The van der Waals surface area contributed by atoms with Gasteiger partial charge in [-0.3, -0.25) is 9.78 Å². The molecule has 1 aliphatic heterocycles. The molecule has 17 heavy (non-hydrogen) atoms. The van der Waals surface area contributed by atoms with Gasteiger partial charge in [0.25, 0.3) is 5.56 Å². The van der Waals surface area contributed by atoms with Crippen molar-refractivity contribution in [3.05, 3.63) is 32.6 Å². The molecule has 0 aromatic carbocycles. The summed E-state index contributed by atoms with van der Waals surface area (Å²) in [5, 5.41) is 0. The van der Waals surface area contributed by atoms with E-state index in [0.29, 0.717) is 5.56 Å². The van der Waals surface area contributed by atoms with E-state index in [9.17, 15) is 9.59 Å². The summed E-state index contributed by atoms with van der Waals surface area (Å²) in [5.41, 5.74) is -0.293. The Hall–Kier alpha value is -1.36. The molecule has 1 aliphatic rings. The van der Waals surface area contributed by atoms with Crippen molar-refractivity contribution in [3.63, 3.8) is 0 Å². The molecular weight excluding hydrogens is 220 g/mol. The quantitative estimate of drug-likeness (QED) is 0.723. The van der Waals surface area contributed by atoms with Gasteiger partial charge >= 0.3 is 5.69 Å². The second kappa shape index (κ2) is 8.75. The first-order chi connectivity index (χ1) is 8.09. The largest absolute Gasteiger partial charge is 0.381 e. The Bertz CT molecular complexity index is 403. The minimum atomic E-state index is -0.467. The van der Waals surface area contributed by atoms with E-state index in [1.54, 1.807) is 6.92 Å². The Morgan fingerprint density at radius 2 is 2.00 bits per heavy atom. The van der Waals surface area contributed by atoms with Crippen molar-refractivity contribution in [3.8, 4) is 0 Å². The number of hydrogen-bond acceptors (Lipinski definition) is 3. The number of ether oxygens (including phenoxy) is 1. The highest BCUT2D eigenvalue weighted by atomic mass is 16.5. The second-order valence-corrected chi connectivity index (χ2v) is 3.72. The standard InChI is InChI=1S/C5H6N2O2.C5H10O.C2H6/c1-3-2-6-5(9)7-4(3)8;1-5-2-3-6-4-5;1-2/h2H,1H3,(H2,6,7,8,9);5H,2-4H2,1H3;1-2H3. The van der Waals surface area contributed by atoms with E-state index in [2.05, 4.69) is 16.9 Å². The lowest BCUT2D eigenvalue weighted by atomic mass is 10.2.